The normalized spacial score (nSPS) is 23.7. The number of aromatic nitrogens is 3. The predicted octanol–water partition coefficient (Wildman–Crippen LogP) is 2.34. The second-order valence-corrected chi connectivity index (χ2v) is 9.20. The van der Waals surface area contributed by atoms with Gasteiger partial charge in [0.25, 0.3) is 0 Å². The van der Waals surface area contributed by atoms with E-state index in [1.165, 1.54) is 13.3 Å². The molecular weight excluding hydrogens is 458 g/mol. The lowest BCUT2D eigenvalue weighted by Gasteiger charge is -2.29. The predicted molar refractivity (Wildman–Crippen MR) is 134 cm³/mol. The van der Waals surface area contributed by atoms with E-state index in [0.717, 1.165) is 16.7 Å². The van der Waals surface area contributed by atoms with Crippen LogP contribution in [0.2, 0.25) is 0 Å². The molecule has 9 nitrogen and oxygen atoms in total. The first-order valence-corrected chi connectivity index (χ1v) is 11.7. The number of hydrogen-bond donors (Lipinski definition) is 4. The van der Waals surface area contributed by atoms with Crippen molar-refractivity contribution in [1.82, 2.24) is 14.5 Å². The molecule has 0 aliphatic carbocycles. The summed E-state index contributed by atoms with van der Waals surface area (Å²) in [6, 6.07) is 20.5. The Bertz CT molecular complexity index is 1430. The monoisotopic (exact) mass is 485 g/mol. The molecule has 3 heterocycles. The highest BCUT2D eigenvalue weighted by Gasteiger charge is 2.54. The van der Waals surface area contributed by atoms with Gasteiger partial charge in [-0.25, -0.2) is 9.97 Å². The number of nitrogens with two attached hydrogens (primary N) is 1. The fourth-order valence-corrected chi connectivity index (χ4v) is 4.95. The van der Waals surface area contributed by atoms with Gasteiger partial charge in [0.15, 0.2) is 6.23 Å². The van der Waals surface area contributed by atoms with Gasteiger partial charge in [-0.1, -0.05) is 54.6 Å². The number of aliphatic hydroxyl groups excluding tert-OH is 2. The molecule has 0 saturated carbocycles. The Morgan fingerprint density at radius 3 is 2.42 bits per heavy atom. The number of nitriles is 1. The first-order valence-electron chi connectivity index (χ1n) is 11.7. The van der Waals surface area contributed by atoms with E-state index in [1.54, 1.807) is 4.57 Å². The minimum atomic E-state index is -1.75. The maximum atomic E-state index is 11.2. The van der Waals surface area contributed by atoms with Crippen LogP contribution in [0, 0.1) is 11.3 Å². The lowest BCUT2D eigenvalue weighted by atomic mass is 9.96. The third kappa shape index (κ3) is 3.90. The van der Waals surface area contributed by atoms with Gasteiger partial charge in [-0.15, -0.1) is 0 Å². The molecule has 0 spiro atoms. The van der Waals surface area contributed by atoms with Gasteiger partial charge < -0.3 is 25.8 Å². The van der Waals surface area contributed by atoms with Crippen molar-refractivity contribution in [3.63, 3.8) is 0 Å². The molecule has 1 unspecified atom stereocenters. The molecule has 5 N–H and O–H groups in total. The van der Waals surface area contributed by atoms with Crippen LogP contribution in [-0.2, 0) is 17.6 Å². The van der Waals surface area contributed by atoms with E-state index in [0.29, 0.717) is 35.1 Å². The van der Waals surface area contributed by atoms with Crippen LogP contribution in [0.1, 0.15) is 30.0 Å². The zero-order valence-corrected chi connectivity index (χ0v) is 19.7. The summed E-state index contributed by atoms with van der Waals surface area (Å²) in [5, 5.41) is 41.9. The Hall–Kier alpha value is -3.81. The van der Waals surface area contributed by atoms with Crippen LogP contribution in [0.4, 0.5) is 5.82 Å². The number of anilines is 1. The van der Waals surface area contributed by atoms with E-state index in [4.69, 9.17) is 10.5 Å². The van der Waals surface area contributed by atoms with Crippen LogP contribution >= 0.6 is 0 Å². The van der Waals surface area contributed by atoms with E-state index >= 15 is 0 Å². The Morgan fingerprint density at radius 2 is 1.78 bits per heavy atom. The molecule has 9 heteroatoms. The van der Waals surface area contributed by atoms with Gasteiger partial charge >= 0.3 is 0 Å². The van der Waals surface area contributed by atoms with Gasteiger partial charge in [0.1, 0.15) is 41.7 Å². The zero-order valence-electron chi connectivity index (χ0n) is 19.7. The molecule has 1 aliphatic heterocycles. The molecule has 4 aromatic rings. The Morgan fingerprint density at radius 1 is 1.08 bits per heavy atom. The third-order valence-electron chi connectivity index (χ3n) is 6.91. The Kier molecular flexibility index (Phi) is 6.20. The van der Waals surface area contributed by atoms with E-state index in [1.807, 2.05) is 30.3 Å². The van der Waals surface area contributed by atoms with Crippen molar-refractivity contribution in [2.45, 2.75) is 43.8 Å². The van der Waals surface area contributed by atoms with Crippen molar-refractivity contribution in [3.8, 4) is 17.2 Å². The first-order chi connectivity index (χ1) is 17.4. The zero-order chi connectivity index (χ0) is 25.4. The van der Waals surface area contributed by atoms with Gasteiger partial charge in [0.2, 0.25) is 0 Å². The average Bonchev–Trinajstić information content (AvgIpc) is 3.33. The van der Waals surface area contributed by atoms with Crippen molar-refractivity contribution in [1.29, 1.82) is 5.26 Å². The summed E-state index contributed by atoms with van der Waals surface area (Å²) in [6.07, 6.45) is -1.14. The summed E-state index contributed by atoms with van der Waals surface area (Å²) in [5.74, 6) is 0.140. The average molecular weight is 486 g/mol. The molecule has 0 bridgehead atoms. The van der Waals surface area contributed by atoms with Crippen molar-refractivity contribution in [2.24, 2.45) is 0 Å². The molecule has 2 aromatic carbocycles. The Balaban J connectivity index is 1.54. The number of hydrogen-bond acceptors (Lipinski definition) is 8. The molecule has 36 heavy (non-hydrogen) atoms. The molecule has 184 valence electrons. The van der Waals surface area contributed by atoms with Crippen LogP contribution in [0.25, 0.3) is 22.2 Å². The quantitative estimate of drug-likeness (QED) is 0.325. The van der Waals surface area contributed by atoms with Gasteiger partial charge in [-0.2, -0.15) is 5.26 Å². The van der Waals surface area contributed by atoms with E-state index in [2.05, 4.69) is 40.3 Å². The van der Waals surface area contributed by atoms with Gasteiger partial charge in [-0.05, 0) is 36.5 Å². The van der Waals surface area contributed by atoms with Gasteiger partial charge in [0.05, 0.1) is 17.6 Å². The first kappa shape index (κ1) is 23.9. The smallest absolute Gasteiger partial charge is 0.167 e. The number of ether oxygens (including phenoxy) is 1. The van der Waals surface area contributed by atoms with Crippen molar-refractivity contribution in [3.05, 3.63) is 77.7 Å². The van der Waals surface area contributed by atoms with Crippen molar-refractivity contribution in [2.75, 3.05) is 12.3 Å². The lowest BCUT2D eigenvalue weighted by molar-refractivity contribution is -0.0958. The number of fused-ring (bicyclic) bond motifs is 1. The van der Waals surface area contributed by atoms with E-state index < -0.39 is 30.6 Å². The molecule has 5 rings (SSSR count). The van der Waals surface area contributed by atoms with Crippen LogP contribution < -0.4 is 5.73 Å². The topological polar surface area (TPSA) is 150 Å². The van der Waals surface area contributed by atoms with Crippen LogP contribution in [0.3, 0.4) is 0 Å². The van der Waals surface area contributed by atoms with Crippen LogP contribution in [0.5, 0.6) is 0 Å². The third-order valence-corrected chi connectivity index (χ3v) is 6.91. The Labute approximate surface area is 208 Å². The minimum Gasteiger partial charge on any atom is -0.394 e. The molecule has 0 radical (unpaired) electrons. The summed E-state index contributed by atoms with van der Waals surface area (Å²) in [7, 11) is 0. The summed E-state index contributed by atoms with van der Waals surface area (Å²) in [6.45, 7) is 0.963. The molecule has 1 saturated heterocycles. The van der Waals surface area contributed by atoms with Crippen LogP contribution in [0.15, 0.2) is 60.9 Å². The molecular formula is C27H27N5O4. The number of rotatable bonds is 6. The number of nitrogens with zero attached hydrogens (tertiary/aromatic N) is 4. The lowest BCUT2D eigenvalue weighted by Crippen LogP contribution is -2.44. The summed E-state index contributed by atoms with van der Waals surface area (Å²) < 4.78 is 7.50. The second kappa shape index (κ2) is 9.33. The summed E-state index contributed by atoms with van der Waals surface area (Å²) in [4.78, 5) is 8.39. The van der Waals surface area contributed by atoms with E-state index in [-0.39, 0.29) is 5.82 Å². The number of aliphatic hydroxyl groups is 3. The second-order valence-electron chi connectivity index (χ2n) is 9.20. The fraction of sp³-hybridized carbons (Fsp3) is 0.296. The summed E-state index contributed by atoms with van der Waals surface area (Å²) in [5.41, 5.74) is 8.85. The van der Waals surface area contributed by atoms with E-state index in [9.17, 15) is 20.6 Å². The van der Waals surface area contributed by atoms with Gasteiger partial charge in [0, 0.05) is 5.69 Å². The maximum Gasteiger partial charge on any atom is 0.167 e. The molecule has 1 aliphatic rings. The van der Waals surface area contributed by atoms with Crippen LogP contribution in [-0.4, -0.2) is 54.3 Å². The number of benzene rings is 2. The fourth-order valence-electron chi connectivity index (χ4n) is 4.95. The summed E-state index contributed by atoms with van der Waals surface area (Å²) >= 11 is 0. The van der Waals surface area contributed by atoms with Gasteiger partial charge in [-0.3, -0.25) is 4.57 Å². The molecule has 0 amide bonds. The highest BCUT2D eigenvalue weighted by Crippen LogP contribution is 2.42. The van der Waals surface area contributed by atoms with Crippen molar-refractivity contribution >= 4 is 16.9 Å². The standard InChI is InChI=1S/C27H27N5O4/c1-27(35)23(34)21(14-33)36-26(27)32-20(19(13-28)22-24(29)30-15-31-25(22)32)12-9-16-7-10-18(11-8-16)17-5-3-2-4-6-17/h2-8,10-11,15,21,23,26,33-35H,9,12,14H2,1H3,(H2,29,30,31)/t21-,23-,26?,27-/m1/s1. The molecule has 2 aromatic heterocycles. The minimum absolute atomic E-state index is 0.140. The largest absolute Gasteiger partial charge is 0.394 e. The number of nitrogen functional groups attached to an aromatic ring is 1. The molecule has 4 atom stereocenters. The highest BCUT2D eigenvalue weighted by molar-refractivity contribution is 5.93. The number of aryl methyl sites for hydroxylation is 1. The molecule has 1 fully saturated rings. The SMILES string of the molecule is C[C@]1(O)C(n2c(CCc3ccc(-c4ccccc4)cc3)c(C#N)c3c(N)ncnc32)O[C@H](CO)[C@H]1O. The van der Waals surface area contributed by atoms with Crippen molar-refractivity contribution < 1.29 is 20.1 Å². The highest BCUT2D eigenvalue weighted by atomic mass is 16.6. The maximum absolute atomic E-state index is 11.2.